The molecule has 0 aromatic carbocycles. The molecule has 2 N–H and O–H groups in total. The first-order valence-electron chi connectivity index (χ1n) is 6.35. The van der Waals surface area contributed by atoms with Gasteiger partial charge >= 0.3 is 0 Å². The van der Waals surface area contributed by atoms with Crippen molar-refractivity contribution < 1.29 is 5.11 Å². The Morgan fingerprint density at radius 1 is 1.33 bits per heavy atom. The summed E-state index contributed by atoms with van der Waals surface area (Å²) in [6, 6.07) is 0.657. The Labute approximate surface area is 92.8 Å². The summed E-state index contributed by atoms with van der Waals surface area (Å²) in [5, 5.41) is 13.5. The molecule has 0 aliphatic carbocycles. The van der Waals surface area contributed by atoms with Gasteiger partial charge in [-0.05, 0) is 45.2 Å². The van der Waals surface area contributed by atoms with Crippen LogP contribution in [0, 0.1) is 5.92 Å². The maximum Gasteiger partial charge on any atom is 0.0593 e. The van der Waals surface area contributed by atoms with E-state index in [2.05, 4.69) is 17.3 Å². The molecule has 2 rings (SSSR count). The van der Waals surface area contributed by atoms with Gasteiger partial charge in [-0.2, -0.15) is 0 Å². The Hall–Kier alpha value is -0.120. The van der Waals surface area contributed by atoms with Crippen LogP contribution < -0.4 is 5.32 Å². The van der Waals surface area contributed by atoms with Crippen LogP contribution in [0.2, 0.25) is 0 Å². The van der Waals surface area contributed by atoms with Crippen molar-refractivity contribution in [1.82, 2.24) is 10.2 Å². The minimum absolute atomic E-state index is 0.0649. The number of nitrogens with zero attached hydrogens (tertiary/aromatic N) is 1. The van der Waals surface area contributed by atoms with E-state index in [1.54, 1.807) is 0 Å². The number of aliphatic hydroxyl groups excluding tert-OH is 1. The summed E-state index contributed by atoms with van der Waals surface area (Å²) in [5.74, 6) is 0.486. The van der Waals surface area contributed by atoms with Crippen LogP contribution in [0.15, 0.2) is 0 Å². The standard InChI is InChI=1S/C12H24N2O/c1-14-7-5-12(15)10(9-14)8-11-4-2-3-6-13-11/h10-13,15H,2-9H2,1H3/t10-,11-,12+/m1/s1. The third-order valence-corrected chi connectivity index (χ3v) is 3.90. The summed E-state index contributed by atoms with van der Waals surface area (Å²) in [6.07, 6.45) is 6.02. The van der Waals surface area contributed by atoms with Crippen molar-refractivity contribution in [2.45, 2.75) is 44.2 Å². The number of nitrogens with one attached hydrogen (secondary N) is 1. The molecule has 0 aromatic rings. The maximum absolute atomic E-state index is 9.96. The van der Waals surface area contributed by atoms with Crippen LogP contribution in [-0.4, -0.2) is 48.8 Å². The van der Waals surface area contributed by atoms with Crippen LogP contribution >= 0.6 is 0 Å². The minimum atomic E-state index is -0.0649. The van der Waals surface area contributed by atoms with Crippen LogP contribution in [0.4, 0.5) is 0 Å². The summed E-state index contributed by atoms with van der Waals surface area (Å²) < 4.78 is 0. The zero-order chi connectivity index (χ0) is 10.7. The molecule has 0 spiro atoms. The van der Waals surface area contributed by atoms with Gasteiger partial charge in [0.05, 0.1) is 6.10 Å². The molecular weight excluding hydrogens is 188 g/mol. The zero-order valence-corrected chi connectivity index (χ0v) is 9.78. The van der Waals surface area contributed by atoms with E-state index in [-0.39, 0.29) is 6.10 Å². The second kappa shape index (κ2) is 5.28. The molecule has 0 bridgehead atoms. The average molecular weight is 212 g/mol. The van der Waals surface area contributed by atoms with Crippen molar-refractivity contribution in [1.29, 1.82) is 0 Å². The quantitative estimate of drug-likeness (QED) is 0.712. The highest BCUT2D eigenvalue weighted by molar-refractivity contribution is 4.83. The lowest BCUT2D eigenvalue weighted by Crippen LogP contribution is -2.45. The lowest BCUT2D eigenvalue weighted by Gasteiger charge is -2.37. The van der Waals surface area contributed by atoms with E-state index < -0.39 is 0 Å². The second-order valence-electron chi connectivity index (χ2n) is 5.26. The van der Waals surface area contributed by atoms with E-state index in [1.807, 2.05) is 0 Å². The number of aliphatic hydroxyl groups is 1. The van der Waals surface area contributed by atoms with Crippen LogP contribution in [0.1, 0.15) is 32.1 Å². The first-order chi connectivity index (χ1) is 7.25. The van der Waals surface area contributed by atoms with Gasteiger partial charge in [-0.1, -0.05) is 6.42 Å². The average Bonchev–Trinajstić information content (AvgIpc) is 2.25. The van der Waals surface area contributed by atoms with Gasteiger partial charge < -0.3 is 15.3 Å². The van der Waals surface area contributed by atoms with Crippen molar-refractivity contribution in [3.05, 3.63) is 0 Å². The lowest BCUT2D eigenvalue weighted by atomic mass is 9.86. The molecule has 0 amide bonds. The third-order valence-electron chi connectivity index (χ3n) is 3.90. The van der Waals surface area contributed by atoms with Gasteiger partial charge in [0.2, 0.25) is 0 Å². The molecule has 2 saturated heterocycles. The topological polar surface area (TPSA) is 35.5 Å². The molecule has 0 unspecified atom stereocenters. The molecule has 2 aliphatic rings. The predicted octanol–water partition coefficient (Wildman–Crippen LogP) is 0.831. The van der Waals surface area contributed by atoms with E-state index in [0.717, 1.165) is 25.9 Å². The first-order valence-corrected chi connectivity index (χ1v) is 6.35. The molecule has 2 aliphatic heterocycles. The summed E-state index contributed by atoms with van der Waals surface area (Å²) in [6.45, 7) is 3.29. The molecular formula is C12H24N2O. The van der Waals surface area contributed by atoms with Crippen molar-refractivity contribution in [2.75, 3.05) is 26.7 Å². The second-order valence-corrected chi connectivity index (χ2v) is 5.26. The van der Waals surface area contributed by atoms with Crippen molar-refractivity contribution >= 4 is 0 Å². The highest BCUT2D eigenvalue weighted by atomic mass is 16.3. The van der Waals surface area contributed by atoms with E-state index >= 15 is 0 Å². The van der Waals surface area contributed by atoms with E-state index in [4.69, 9.17) is 0 Å². The molecule has 88 valence electrons. The molecule has 15 heavy (non-hydrogen) atoms. The van der Waals surface area contributed by atoms with Crippen molar-refractivity contribution in [2.24, 2.45) is 5.92 Å². The Morgan fingerprint density at radius 3 is 2.93 bits per heavy atom. The molecule has 0 saturated carbocycles. The monoisotopic (exact) mass is 212 g/mol. The lowest BCUT2D eigenvalue weighted by molar-refractivity contribution is 0.0261. The van der Waals surface area contributed by atoms with Gasteiger partial charge in [0.15, 0.2) is 0 Å². The number of piperidine rings is 2. The number of likely N-dealkylation sites (tertiary alicyclic amines) is 1. The van der Waals surface area contributed by atoms with E-state index in [1.165, 1.54) is 25.8 Å². The molecule has 0 radical (unpaired) electrons. The van der Waals surface area contributed by atoms with Gasteiger partial charge in [-0.25, -0.2) is 0 Å². The van der Waals surface area contributed by atoms with Crippen LogP contribution in [-0.2, 0) is 0 Å². The highest BCUT2D eigenvalue weighted by Gasteiger charge is 2.28. The molecule has 3 heteroatoms. The summed E-state index contributed by atoms with van der Waals surface area (Å²) in [4.78, 5) is 2.35. The Bertz CT molecular complexity index is 192. The Kier molecular flexibility index (Phi) is 4.00. The maximum atomic E-state index is 9.96. The van der Waals surface area contributed by atoms with Gasteiger partial charge in [0, 0.05) is 19.1 Å². The first kappa shape index (κ1) is 11.4. The van der Waals surface area contributed by atoms with E-state index in [0.29, 0.717) is 12.0 Å². The third kappa shape index (κ3) is 3.16. The normalized spacial score (nSPS) is 39.2. The fourth-order valence-electron chi connectivity index (χ4n) is 2.92. The largest absolute Gasteiger partial charge is 0.393 e. The fraction of sp³-hybridized carbons (Fsp3) is 1.00. The van der Waals surface area contributed by atoms with Crippen LogP contribution in [0.5, 0.6) is 0 Å². The van der Waals surface area contributed by atoms with Gasteiger partial charge in [0.1, 0.15) is 0 Å². The Morgan fingerprint density at radius 2 is 2.20 bits per heavy atom. The van der Waals surface area contributed by atoms with Crippen molar-refractivity contribution in [3.8, 4) is 0 Å². The molecule has 2 heterocycles. The predicted molar refractivity (Wildman–Crippen MR) is 61.9 cm³/mol. The molecule has 3 nitrogen and oxygen atoms in total. The van der Waals surface area contributed by atoms with Crippen molar-refractivity contribution in [3.63, 3.8) is 0 Å². The van der Waals surface area contributed by atoms with Gasteiger partial charge in [-0.3, -0.25) is 0 Å². The fourth-order valence-corrected chi connectivity index (χ4v) is 2.92. The van der Waals surface area contributed by atoms with Gasteiger partial charge in [-0.15, -0.1) is 0 Å². The summed E-state index contributed by atoms with van der Waals surface area (Å²) in [7, 11) is 2.16. The Balaban J connectivity index is 1.80. The molecule has 3 atom stereocenters. The van der Waals surface area contributed by atoms with Gasteiger partial charge in [0.25, 0.3) is 0 Å². The number of hydrogen-bond donors (Lipinski definition) is 2. The molecule has 0 aromatic heterocycles. The molecule has 2 fully saturated rings. The number of hydrogen-bond acceptors (Lipinski definition) is 3. The summed E-state index contributed by atoms with van der Waals surface area (Å²) >= 11 is 0. The summed E-state index contributed by atoms with van der Waals surface area (Å²) in [5.41, 5.74) is 0. The SMILES string of the molecule is CN1CC[C@H](O)[C@H](C[C@H]2CCCCN2)C1. The minimum Gasteiger partial charge on any atom is -0.393 e. The highest BCUT2D eigenvalue weighted by Crippen LogP contribution is 2.23. The number of rotatable bonds is 2. The van der Waals surface area contributed by atoms with Crippen LogP contribution in [0.25, 0.3) is 0 Å². The van der Waals surface area contributed by atoms with E-state index in [9.17, 15) is 5.11 Å². The van der Waals surface area contributed by atoms with Crippen LogP contribution in [0.3, 0.4) is 0 Å². The zero-order valence-electron chi connectivity index (χ0n) is 9.78. The smallest absolute Gasteiger partial charge is 0.0593 e.